The highest BCUT2D eigenvalue weighted by molar-refractivity contribution is 5.98. The second kappa shape index (κ2) is 5.29. The molecule has 2 heterocycles. The first kappa shape index (κ1) is 13.2. The van der Waals surface area contributed by atoms with Crippen LogP contribution in [-0.4, -0.2) is 29.3 Å². The summed E-state index contributed by atoms with van der Waals surface area (Å²) in [6, 6.07) is 8.05. The number of nitrogens with two attached hydrogens (primary N) is 1. The van der Waals surface area contributed by atoms with E-state index in [4.69, 9.17) is 5.73 Å². The van der Waals surface area contributed by atoms with Gasteiger partial charge in [-0.25, -0.2) is 0 Å². The van der Waals surface area contributed by atoms with Crippen molar-refractivity contribution in [1.29, 1.82) is 0 Å². The van der Waals surface area contributed by atoms with Gasteiger partial charge in [0.1, 0.15) is 0 Å². The molecule has 1 aliphatic rings. The smallest absolute Gasteiger partial charge is 0.0951 e. The fourth-order valence-electron chi connectivity index (χ4n) is 3.08. The zero-order chi connectivity index (χ0) is 14.1. The molecule has 3 rings (SSSR count). The second-order valence-electron chi connectivity index (χ2n) is 5.64. The Kier molecular flexibility index (Phi) is 3.49. The molecular weight excluding hydrogens is 250 g/mol. The number of fused-ring (bicyclic) bond motifs is 1. The zero-order valence-electron chi connectivity index (χ0n) is 11.8. The molecule has 0 bridgehead atoms. The highest BCUT2D eigenvalue weighted by atomic mass is 16.3. The lowest BCUT2D eigenvalue weighted by atomic mass is 9.91. The van der Waals surface area contributed by atoms with Gasteiger partial charge in [0, 0.05) is 30.4 Å². The van der Waals surface area contributed by atoms with Crippen LogP contribution >= 0.6 is 0 Å². The molecule has 1 aliphatic heterocycles. The van der Waals surface area contributed by atoms with E-state index in [1.54, 1.807) is 6.20 Å². The van der Waals surface area contributed by atoms with Crippen LogP contribution in [0.5, 0.6) is 0 Å². The van der Waals surface area contributed by atoms with Gasteiger partial charge in [0.05, 0.1) is 17.3 Å². The van der Waals surface area contributed by atoms with Gasteiger partial charge in [-0.15, -0.1) is 0 Å². The Labute approximate surface area is 119 Å². The number of nitrogen functional groups attached to an aromatic ring is 1. The minimum absolute atomic E-state index is 0.207. The van der Waals surface area contributed by atoms with Crippen molar-refractivity contribution in [3.63, 3.8) is 0 Å². The van der Waals surface area contributed by atoms with Gasteiger partial charge < -0.3 is 15.7 Å². The van der Waals surface area contributed by atoms with Crippen molar-refractivity contribution >= 4 is 22.3 Å². The van der Waals surface area contributed by atoms with Crippen LogP contribution in [0.15, 0.2) is 30.5 Å². The number of aromatic nitrogens is 1. The predicted octanol–water partition coefficient (Wildman–Crippen LogP) is 2.41. The first-order valence-electron chi connectivity index (χ1n) is 7.23. The van der Waals surface area contributed by atoms with E-state index in [0.717, 1.165) is 42.5 Å². The summed E-state index contributed by atoms with van der Waals surface area (Å²) >= 11 is 0. The van der Waals surface area contributed by atoms with Crippen molar-refractivity contribution in [2.24, 2.45) is 5.92 Å². The van der Waals surface area contributed by atoms with Crippen LogP contribution in [0.2, 0.25) is 0 Å². The fourth-order valence-corrected chi connectivity index (χ4v) is 3.08. The average Bonchev–Trinajstić information content (AvgIpc) is 2.48. The van der Waals surface area contributed by atoms with E-state index < -0.39 is 0 Å². The maximum Gasteiger partial charge on any atom is 0.0951 e. The molecule has 1 fully saturated rings. The molecule has 0 aliphatic carbocycles. The van der Waals surface area contributed by atoms with E-state index in [2.05, 4.69) is 22.0 Å². The molecular formula is C16H21N3O. The topological polar surface area (TPSA) is 62.4 Å². The van der Waals surface area contributed by atoms with E-state index in [-0.39, 0.29) is 6.10 Å². The summed E-state index contributed by atoms with van der Waals surface area (Å²) < 4.78 is 0. The number of hydrogen-bond donors (Lipinski definition) is 2. The Morgan fingerprint density at radius 1 is 1.30 bits per heavy atom. The van der Waals surface area contributed by atoms with E-state index in [1.165, 1.54) is 5.69 Å². The molecule has 1 aromatic carbocycles. The van der Waals surface area contributed by atoms with Gasteiger partial charge in [0.15, 0.2) is 0 Å². The first-order valence-corrected chi connectivity index (χ1v) is 7.23. The normalized spacial score (nSPS) is 18.4. The summed E-state index contributed by atoms with van der Waals surface area (Å²) in [6.45, 7) is 3.84. The van der Waals surface area contributed by atoms with E-state index in [1.807, 2.05) is 19.1 Å². The average molecular weight is 271 g/mol. The standard InChI is InChI=1S/C16H21N3O/c1-11(20)12-6-9-19(10-7-12)15-5-4-14(17)16-13(15)3-2-8-18-16/h2-5,8,11-12,20H,6-7,9-10,17H2,1H3. The van der Waals surface area contributed by atoms with Crippen LogP contribution in [0.4, 0.5) is 11.4 Å². The van der Waals surface area contributed by atoms with Gasteiger partial charge in [-0.2, -0.15) is 0 Å². The Hall–Kier alpha value is -1.81. The Bertz CT molecular complexity index is 604. The van der Waals surface area contributed by atoms with Gasteiger partial charge in [-0.3, -0.25) is 4.98 Å². The third-order valence-electron chi connectivity index (χ3n) is 4.34. The maximum absolute atomic E-state index is 9.70. The fraction of sp³-hybridized carbons (Fsp3) is 0.438. The number of hydrogen-bond acceptors (Lipinski definition) is 4. The van der Waals surface area contributed by atoms with Crippen LogP contribution in [0.3, 0.4) is 0 Å². The number of anilines is 2. The number of benzene rings is 1. The van der Waals surface area contributed by atoms with Crippen molar-refractivity contribution in [1.82, 2.24) is 4.98 Å². The second-order valence-corrected chi connectivity index (χ2v) is 5.64. The lowest BCUT2D eigenvalue weighted by molar-refractivity contribution is 0.110. The van der Waals surface area contributed by atoms with E-state index in [0.29, 0.717) is 5.92 Å². The molecule has 20 heavy (non-hydrogen) atoms. The Morgan fingerprint density at radius 2 is 2.05 bits per heavy atom. The molecule has 0 saturated carbocycles. The molecule has 3 N–H and O–H groups in total. The highest BCUT2D eigenvalue weighted by Gasteiger charge is 2.23. The van der Waals surface area contributed by atoms with Crippen LogP contribution < -0.4 is 10.6 Å². The first-order chi connectivity index (χ1) is 9.66. The molecule has 0 spiro atoms. The summed E-state index contributed by atoms with van der Waals surface area (Å²) in [6.07, 6.45) is 3.64. The monoisotopic (exact) mass is 271 g/mol. The number of aliphatic hydroxyl groups excluding tert-OH is 1. The zero-order valence-corrected chi connectivity index (χ0v) is 11.8. The third-order valence-corrected chi connectivity index (χ3v) is 4.34. The Balaban J connectivity index is 1.90. The molecule has 1 atom stereocenters. The molecule has 4 nitrogen and oxygen atoms in total. The SMILES string of the molecule is CC(O)C1CCN(c2ccc(N)c3ncccc23)CC1. The summed E-state index contributed by atoms with van der Waals surface area (Å²) in [5.41, 5.74) is 8.81. The predicted molar refractivity (Wildman–Crippen MR) is 82.8 cm³/mol. The molecule has 0 radical (unpaired) electrons. The van der Waals surface area contributed by atoms with Crippen LogP contribution in [0, 0.1) is 5.92 Å². The largest absolute Gasteiger partial charge is 0.397 e. The van der Waals surface area contributed by atoms with Crippen molar-refractivity contribution < 1.29 is 5.11 Å². The summed E-state index contributed by atoms with van der Waals surface area (Å²) in [5, 5.41) is 10.8. The van der Waals surface area contributed by atoms with Crippen LogP contribution in [0.1, 0.15) is 19.8 Å². The Morgan fingerprint density at radius 3 is 2.75 bits per heavy atom. The van der Waals surface area contributed by atoms with Gasteiger partial charge in [-0.1, -0.05) is 0 Å². The summed E-state index contributed by atoms with van der Waals surface area (Å²) in [4.78, 5) is 6.77. The maximum atomic E-state index is 9.70. The van der Waals surface area contributed by atoms with Gasteiger partial charge in [0.2, 0.25) is 0 Å². The van der Waals surface area contributed by atoms with Gasteiger partial charge in [0.25, 0.3) is 0 Å². The number of piperidine rings is 1. The quantitative estimate of drug-likeness (QED) is 0.823. The number of nitrogens with zero attached hydrogens (tertiary/aromatic N) is 2. The van der Waals surface area contributed by atoms with Gasteiger partial charge >= 0.3 is 0 Å². The van der Waals surface area contributed by atoms with Crippen LogP contribution in [0.25, 0.3) is 10.9 Å². The molecule has 1 aromatic heterocycles. The minimum Gasteiger partial charge on any atom is -0.397 e. The van der Waals surface area contributed by atoms with Crippen molar-refractivity contribution in [3.05, 3.63) is 30.5 Å². The highest BCUT2D eigenvalue weighted by Crippen LogP contribution is 2.32. The van der Waals surface area contributed by atoms with Crippen molar-refractivity contribution in [2.75, 3.05) is 23.7 Å². The lowest BCUT2D eigenvalue weighted by Crippen LogP contribution is -2.37. The molecule has 0 amide bonds. The number of rotatable bonds is 2. The summed E-state index contributed by atoms with van der Waals surface area (Å²) in [7, 11) is 0. The molecule has 4 heteroatoms. The molecule has 106 valence electrons. The van der Waals surface area contributed by atoms with E-state index >= 15 is 0 Å². The third kappa shape index (κ3) is 2.31. The van der Waals surface area contributed by atoms with Crippen molar-refractivity contribution in [3.8, 4) is 0 Å². The molecule has 1 unspecified atom stereocenters. The molecule has 2 aromatic rings. The van der Waals surface area contributed by atoms with E-state index in [9.17, 15) is 5.11 Å². The number of pyridine rings is 1. The summed E-state index contributed by atoms with van der Waals surface area (Å²) in [5.74, 6) is 0.421. The van der Waals surface area contributed by atoms with Crippen LogP contribution in [-0.2, 0) is 0 Å². The minimum atomic E-state index is -0.207. The van der Waals surface area contributed by atoms with Crippen molar-refractivity contribution in [2.45, 2.75) is 25.9 Å². The molecule has 1 saturated heterocycles. The number of aliphatic hydroxyl groups is 1. The lowest BCUT2D eigenvalue weighted by Gasteiger charge is -2.35. The van der Waals surface area contributed by atoms with Gasteiger partial charge in [-0.05, 0) is 49.9 Å².